The molecule has 0 saturated heterocycles. The fraction of sp³-hybridized carbons (Fsp3) is 0.364. The van der Waals surface area contributed by atoms with Gasteiger partial charge in [0.1, 0.15) is 5.56 Å². The van der Waals surface area contributed by atoms with E-state index >= 15 is 0 Å². The van der Waals surface area contributed by atoms with Gasteiger partial charge in [0.2, 0.25) is 0 Å². The first-order valence-electron chi connectivity index (χ1n) is 5.39. The van der Waals surface area contributed by atoms with Gasteiger partial charge in [-0.15, -0.1) is 11.3 Å². The lowest BCUT2D eigenvalue weighted by molar-refractivity contribution is 0.0937. The van der Waals surface area contributed by atoms with Gasteiger partial charge in [-0.05, 0) is 13.3 Å². The number of rotatable bonds is 3. The minimum absolute atomic E-state index is 0.0464. The third-order valence-corrected chi connectivity index (χ3v) is 3.35. The highest BCUT2D eigenvalue weighted by atomic mass is 32.1. The molecule has 0 aliphatic heterocycles. The summed E-state index contributed by atoms with van der Waals surface area (Å²) in [5, 5.41) is 4.52. The second kappa shape index (κ2) is 4.67. The van der Waals surface area contributed by atoms with E-state index in [-0.39, 0.29) is 23.1 Å². The number of carbonyl (C=O) groups excluding carboxylic acids is 1. The van der Waals surface area contributed by atoms with Crippen molar-refractivity contribution < 1.29 is 4.79 Å². The van der Waals surface area contributed by atoms with Crippen molar-refractivity contribution in [2.24, 2.45) is 0 Å². The molecule has 2 heterocycles. The van der Waals surface area contributed by atoms with Crippen LogP contribution in [0.1, 0.15) is 30.6 Å². The lowest BCUT2D eigenvalue weighted by atomic mass is 10.2. The maximum atomic E-state index is 12.0. The lowest BCUT2D eigenvalue weighted by Gasteiger charge is -2.10. The highest BCUT2D eigenvalue weighted by molar-refractivity contribution is 7.15. The van der Waals surface area contributed by atoms with Crippen LogP contribution in [-0.2, 0) is 0 Å². The molecule has 1 N–H and O–H groups in total. The average molecular weight is 251 g/mol. The number of fused-ring (bicyclic) bond motifs is 1. The first-order valence-corrected chi connectivity index (χ1v) is 6.27. The predicted octanol–water partition coefficient (Wildman–Crippen LogP) is 1.28. The van der Waals surface area contributed by atoms with Gasteiger partial charge >= 0.3 is 0 Å². The van der Waals surface area contributed by atoms with Gasteiger partial charge in [-0.2, -0.15) is 0 Å². The highest BCUT2D eigenvalue weighted by Crippen LogP contribution is 2.05. The molecule has 0 fully saturated rings. The van der Waals surface area contributed by atoms with Crippen molar-refractivity contribution in [1.82, 2.24) is 14.7 Å². The zero-order chi connectivity index (χ0) is 12.4. The molecule has 0 aromatic carbocycles. The van der Waals surface area contributed by atoms with Gasteiger partial charge < -0.3 is 5.32 Å². The molecule has 17 heavy (non-hydrogen) atoms. The van der Waals surface area contributed by atoms with Gasteiger partial charge in [0.25, 0.3) is 11.5 Å². The second-order valence-electron chi connectivity index (χ2n) is 3.82. The molecule has 6 heteroatoms. The predicted molar refractivity (Wildman–Crippen MR) is 66.6 cm³/mol. The fourth-order valence-electron chi connectivity index (χ4n) is 1.38. The molecule has 5 nitrogen and oxygen atoms in total. The summed E-state index contributed by atoms with van der Waals surface area (Å²) in [5.41, 5.74) is -0.238. The van der Waals surface area contributed by atoms with Crippen molar-refractivity contribution in [3.05, 3.63) is 33.7 Å². The lowest BCUT2D eigenvalue weighted by Crippen LogP contribution is -2.36. The van der Waals surface area contributed by atoms with Crippen LogP contribution in [0.15, 0.2) is 22.6 Å². The van der Waals surface area contributed by atoms with E-state index in [1.165, 1.54) is 21.9 Å². The van der Waals surface area contributed by atoms with E-state index in [9.17, 15) is 9.59 Å². The zero-order valence-electron chi connectivity index (χ0n) is 9.64. The minimum atomic E-state index is -0.363. The van der Waals surface area contributed by atoms with Crippen LogP contribution in [-0.4, -0.2) is 21.3 Å². The third-order valence-electron chi connectivity index (χ3n) is 2.58. The van der Waals surface area contributed by atoms with Gasteiger partial charge in [-0.3, -0.25) is 14.0 Å². The summed E-state index contributed by atoms with van der Waals surface area (Å²) in [6, 6.07) is 0.0464. The largest absolute Gasteiger partial charge is 0.349 e. The van der Waals surface area contributed by atoms with Crippen LogP contribution >= 0.6 is 11.3 Å². The summed E-state index contributed by atoms with van der Waals surface area (Å²) in [6.45, 7) is 3.87. The monoisotopic (exact) mass is 251 g/mol. The molecule has 0 spiro atoms. The van der Waals surface area contributed by atoms with Crippen molar-refractivity contribution >= 4 is 22.2 Å². The first kappa shape index (κ1) is 11.8. The summed E-state index contributed by atoms with van der Waals surface area (Å²) >= 11 is 1.36. The molecule has 1 amide bonds. The van der Waals surface area contributed by atoms with Gasteiger partial charge in [0, 0.05) is 23.8 Å². The standard InChI is InChI=1S/C11H13N3O2S/c1-3-7(2)13-9(15)8-6-12-11-14(10(8)16)4-5-17-11/h4-7H,3H2,1-2H3,(H,13,15)/t7-/m1/s1. The van der Waals surface area contributed by atoms with Gasteiger partial charge in [-0.25, -0.2) is 4.98 Å². The van der Waals surface area contributed by atoms with E-state index in [0.29, 0.717) is 4.96 Å². The van der Waals surface area contributed by atoms with Crippen molar-refractivity contribution in [2.75, 3.05) is 0 Å². The minimum Gasteiger partial charge on any atom is -0.349 e. The maximum Gasteiger partial charge on any atom is 0.271 e. The van der Waals surface area contributed by atoms with Crippen molar-refractivity contribution in [3.63, 3.8) is 0 Å². The Morgan fingerprint density at radius 3 is 3.12 bits per heavy atom. The quantitative estimate of drug-likeness (QED) is 0.894. The number of carbonyl (C=O) groups is 1. The Kier molecular flexibility index (Phi) is 3.23. The van der Waals surface area contributed by atoms with E-state index in [1.807, 2.05) is 13.8 Å². The average Bonchev–Trinajstić information content (AvgIpc) is 2.78. The van der Waals surface area contributed by atoms with Crippen LogP contribution in [0.2, 0.25) is 0 Å². The zero-order valence-corrected chi connectivity index (χ0v) is 10.5. The molecule has 0 radical (unpaired) electrons. The van der Waals surface area contributed by atoms with Crippen LogP contribution in [0, 0.1) is 0 Å². The van der Waals surface area contributed by atoms with Crippen LogP contribution < -0.4 is 10.9 Å². The molecule has 2 aromatic heterocycles. The van der Waals surface area contributed by atoms with Crippen LogP contribution in [0.3, 0.4) is 0 Å². The molecule has 0 saturated carbocycles. The molecule has 2 rings (SSSR count). The fourth-order valence-corrected chi connectivity index (χ4v) is 2.06. The molecule has 0 aliphatic rings. The van der Waals surface area contributed by atoms with Crippen LogP contribution in [0.25, 0.3) is 4.96 Å². The van der Waals surface area contributed by atoms with Gasteiger partial charge in [0.05, 0.1) is 0 Å². The SMILES string of the molecule is CC[C@@H](C)NC(=O)c1cnc2sccn2c1=O. The summed E-state index contributed by atoms with van der Waals surface area (Å²) in [6.07, 6.45) is 3.78. The molecule has 1 atom stereocenters. The second-order valence-corrected chi connectivity index (χ2v) is 4.69. The van der Waals surface area contributed by atoms with Gasteiger partial charge in [-0.1, -0.05) is 6.92 Å². The van der Waals surface area contributed by atoms with E-state index in [4.69, 9.17) is 0 Å². The molecule has 0 unspecified atom stereocenters. The number of nitrogens with one attached hydrogen (secondary N) is 1. The Balaban J connectivity index is 2.39. The number of nitrogens with zero attached hydrogens (tertiary/aromatic N) is 2. The van der Waals surface area contributed by atoms with E-state index in [2.05, 4.69) is 10.3 Å². The normalized spacial score (nSPS) is 12.6. The molecule has 2 aromatic rings. The topological polar surface area (TPSA) is 63.5 Å². The Morgan fingerprint density at radius 2 is 2.41 bits per heavy atom. The number of thiazole rings is 1. The molecular formula is C11H13N3O2S. The van der Waals surface area contributed by atoms with Gasteiger partial charge in [0.15, 0.2) is 4.96 Å². The molecular weight excluding hydrogens is 238 g/mol. The smallest absolute Gasteiger partial charge is 0.271 e. The number of aromatic nitrogens is 2. The first-order chi connectivity index (χ1) is 8.13. The Labute approximate surface area is 102 Å². The molecule has 0 aliphatic carbocycles. The summed E-state index contributed by atoms with van der Waals surface area (Å²) < 4.78 is 1.39. The highest BCUT2D eigenvalue weighted by Gasteiger charge is 2.14. The molecule has 90 valence electrons. The van der Waals surface area contributed by atoms with Crippen molar-refractivity contribution in [1.29, 1.82) is 0 Å². The van der Waals surface area contributed by atoms with Crippen molar-refractivity contribution in [2.45, 2.75) is 26.3 Å². The third kappa shape index (κ3) is 2.21. The summed E-state index contributed by atoms with van der Waals surface area (Å²) in [4.78, 5) is 28.5. The Morgan fingerprint density at radius 1 is 1.65 bits per heavy atom. The van der Waals surface area contributed by atoms with E-state index in [0.717, 1.165) is 6.42 Å². The Bertz CT molecular complexity index is 602. The van der Waals surface area contributed by atoms with Crippen molar-refractivity contribution in [3.8, 4) is 0 Å². The number of amides is 1. The number of hydrogen-bond donors (Lipinski definition) is 1. The molecule has 0 bridgehead atoms. The summed E-state index contributed by atoms with van der Waals surface area (Å²) in [5.74, 6) is -0.363. The van der Waals surface area contributed by atoms with Crippen LogP contribution in [0.5, 0.6) is 0 Å². The summed E-state index contributed by atoms with van der Waals surface area (Å²) in [7, 11) is 0. The van der Waals surface area contributed by atoms with Crippen LogP contribution in [0.4, 0.5) is 0 Å². The maximum absolute atomic E-state index is 12.0. The Hall–Kier alpha value is -1.69. The van der Waals surface area contributed by atoms with E-state index in [1.54, 1.807) is 11.6 Å². The number of hydrogen-bond acceptors (Lipinski definition) is 4. The van der Waals surface area contributed by atoms with E-state index < -0.39 is 0 Å².